The maximum atomic E-state index is 13.8. The van der Waals surface area contributed by atoms with E-state index in [-0.39, 0.29) is 19.0 Å². The lowest BCUT2D eigenvalue weighted by Gasteiger charge is -2.12. The van der Waals surface area contributed by atoms with E-state index in [1.54, 1.807) is 12.1 Å². The number of para-hydroxylation sites is 1. The summed E-state index contributed by atoms with van der Waals surface area (Å²) in [6.07, 6.45) is 0.808. The molecule has 1 aromatic heterocycles. The van der Waals surface area contributed by atoms with Gasteiger partial charge < -0.3 is 9.84 Å². The highest BCUT2D eigenvalue weighted by Gasteiger charge is 2.16. The van der Waals surface area contributed by atoms with Crippen LogP contribution < -0.4 is 4.74 Å². The van der Waals surface area contributed by atoms with Gasteiger partial charge in [0.05, 0.1) is 22.5 Å². The van der Waals surface area contributed by atoms with Crippen LogP contribution in [-0.4, -0.2) is 14.9 Å². The number of aromatic nitrogens is 2. The lowest BCUT2D eigenvalue weighted by Crippen LogP contribution is -2.08. The van der Waals surface area contributed by atoms with Gasteiger partial charge in [0.15, 0.2) is 11.6 Å². The number of aliphatic hydroxyl groups excluding tert-OH is 1. The summed E-state index contributed by atoms with van der Waals surface area (Å²) in [5.74, 6) is -0.384. The van der Waals surface area contributed by atoms with E-state index in [9.17, 15) is 9.50 Å². The minimum absolute atomic E-state index is 0.0915. The van der Waals surface area contributed by atoms with Gasteiger partial charge in [-0.3, -0.25) is 4.68 Å². The second-order valence-corrected chi connectivity index (χ2v) is 5.34. The summed E-state index contributed by atoms with van der Waals surface area (Å²) >= 11 is 3.52. The normalized spacial score (nSPS) is 10.9. The van der Waals surface area contributed by atoms with E-state index in [1.165, 1.54) is 6.07 Å². The molecule has 0 aliphatic rings. The first kappa shape index (κ1) is 16.0. The maximum absolute atomic E-state index is 13.8. The molecule has 0 saturated heterocycles. The molecule has 0 fully saturated rings. The third-order valence-electron chi connectivity index (χ3n) is 3.27. The SMILES string of the molecule is CCc1nn(CC)c(COc2c(F)cccc2CO)c1Br. The largest absolute Gasteiger partial charge is 0.484 e. The van der Waals surface area contributed by atoms with Gasteiger partial charge in [-0.25, -0.2) is 4.39 Å². The van der Waals surface area contributed by atoms with Crippen molar-refractivity contribution in [3.8, 4) is 5.75 Å². The van der Waals surface area contributed by atoms with Gasteiger partial charge in [0.25, 0.3) is 0 Å². The fourth-order valence-electron chi connectivity index (χ4n) is 2.14. The fraction of sp³-hybridized carbons (Fsp3) is 0.400. The number of nitrogens with zero attached hydrogens (tertiary/aromatic N) is 2. The average molecular weight is 357 g/mol. The van der Waals surface area contributed by atoms with Crippen LogP contribution in [0.1, 0.15) is 30.8 Å². The van der Waals surface area contributed by atoms with E-state index < -0.39 is 5.82 Å². The van der Waals surface area contributed by atoms with Crippen LogP contribution in [0, 0.1) is 5.82 Å². The van der Waals surface area contributed by atoms with Crippen molar-refractivity contribution < 1.29 is 14.2 Å². The summed E-state index contributed by atoms with van der Waals surface area (Å²) in [5.41, 5.74) is 2.25. The molecule has 4 nitrogen and oxygen atoms in total. The van der Waals surface area contributed by atoms with Crippen molar-refractivity contribution in [1.82, 2.24) is 9.78 Å². The summed E-state index contributed by atoms with van der Waals surface area (Å²) in [4.78, 5) is 0. The van der Waals surface area contributed by atoms with Crippen molar-refractivity contribution >= 4 is 15.9 Å². The summed E-state index contributed by atoms with van der Waals surface area (Å²) in [6, 6.07) is 4.51. The standard InChI is InChI=1S/C15H18BrFN2O2/c1-3-12-14(16)13(19(4-2)18-12)9-21-15-10(8-20)6-5-7-11(15)17/h5-7,20H,3-4,8-9H2,1-2H3. The number of aryl methyl sites for hydroxylation is 2. The zero-order valence-corrected chi connectivity index (χ0v) is 13.7. The van der Waals surface area contributed by atoms with Gasteiger partial charge in [-0.05, 0) is 35.3 Å². The first-order chi connectivity index (χ1) is 10.1. The molecule has 21 heavy (non-hydrogen) atoms. The Morgan fingerprint density at radius 1 is 1.38 bits per heavy atom. The molecule has 0 unspecified atom stereocenters. The quantitative estimate of drug-likeness (QED) is 0.862. The summed E-state index contributed by atoms with van der Waals surface area (Å²) in [6.45, 7) is 4.65. The van der Waals surface area contributed by atoms with Crippen molar-refractivity contribution in [3.63, 3.8) is 0 Å². The number of halogens is 2. The van der Waals surface area contributed by atoms with E-state index in [4.69, 9.17) is 4.74 Å². The van der Waals surface area contributed by atoms with Gasteiger partial charge >= 0.3 is 0 Å². The van der Waals surface area contributed by atoms with E-state index in [2.05, 4.69) is 21.0 Å². The predicted molar refractivity (Wildman–Crippen MR) is 81.6 cm³/mol. The minimum Gasteiger partial charge on any atom is -0.484 e. The Morgan fingerprint density at radius 2 is 2.14 bits per heavy atom. The Morgan fingerprint density at radius 3 is 2.76 bits per heavy atom. The molecular weight excluding hydrogens is 339 g/mol. The van der Waals surface area contributed by atoms with Crippen LogP contribution in [0.25, 0.3) is 0 Å². The molecule has 0 radical (unpaired) electrons. The van der Waals surface area contributed by atoms with Gasteiger partial charge in [-0.1, -0.05) is 19.1 Å². The molecular formula is C15H18BrFN2O2. The van der Waals surface area contributed by atoms with Crippen molar-refractivity contribution in [2.24, 2.45) is 0 Å². The van der Waals surface area contributed by atoms with Gasteiger partial charge in [0.1, 0.15) is 6.61 Å². The Bertz CT molecular complexity index is 628. The molecule has 0 aliphatic carbocycles. The smallest absolute Gasteiger partial charge is 0.165 e. The van der Waals surface area contributed by atoms with Crippen LogP contribution in [0.2, 0.25) is 0 Å². The molecule has 6 heteroatoms. The molecule has 0 spiro atoms. The molecule has 0 saturated carbocycles. The second-order valence-electron chi connectivity index (χ2n) is 4.55. The minimum atomic E-state index is -0.476. The Balaban J connectivity index is 2.26. The number of hydrogen-bond acceptors (Lipinski definition) is 3. The molecule has 2 aromatic rings. The number of ether oxygens (including phenoxy) is 1. The third-order valence-corrected chi connectivity index (χ3v) is 4.18. The predicted octanol–water partition coefficient (Wildman–Crippen LogP) is 3.44. The number of rotatable bonds is 6. The Labute approximate surface area is 131 Å². The second kappa shape index (κ2) is 7.04. The zero-order chi connectivity index (χ0) is 15.4. The van der Waals surface area contributed by atoms with Crippen molar-refractivity contribution in [2.75, 3.05) is 0 Å². The fourth-order valence-corrected chi connectivity index (χ4v) is 2.81. The van der Waals surface area contributed by atoms with Crippen LogP contribution in [0.4, 0.5) is 4.39 Å². The van der Waals surface area contributed by atoms with Crippen LogP contribution in [0.15, 0.2) is 22.7 Å². The monoisotopic (exact) mass is 356 g/mol. The lowest BCUT2D eigenvalue weighted by molar-refractivity contribution is 0.246. The molecule has 0 aliphatic heterocycles. The third kappa shape index (κ3) is 3.27. The van der Waals surface area contributed by atoms with Crippen molar-refractivity contribution in [3.05, 3.63) is 45.4 Å². The van der Waals surface area contributed by atoms with Crippen LogP contribution in [0.5, 0.6) is 5.75 Å². The van der Waals surface area contributed by atoms with Gasteiger partial charge in [-0.15, -0.1) is 0 Å². The van der Waals surface area contributed by atoms with E-state index in [0.717, 1.165) is 22.3 Å². The molecule has 2 rings (SSSR count). The first-order valence-corrected chi connectivity index (χ1v) is 7.66. The van der Waals surface area contributed by atoms with E-state index >= 15 is 0 Å². The van der Waals surface area contributed by atoms with Crippen molar-refractivity contribution in [2.45, 2.75) is 40.0 Å². The highest BCUT2D eigenvalue weighted by molar-refractivity contribution is 9.10. The highest BCUT2D eigenvalue weighted by Crippen LogP contribution is 2.27. The molecule has 0 bridgehead atoms. The molecule has 0 atom stereocenters. The Hall–Kier alpha value is -1.40. The molecule has 0 amide bonds. The number of hydrogen-bond donors (Lipinski definition) is 1. The van der Waals surface area contributed by atoms with Crippen LogP contribution >= 0.6 is 15.9 Å². The summed E-state index contributed by atoms with van der Waals surface area (Å²) in [5, 5.41) is 13.7. The lowest BCUT2D eigenvalue weighted by atomic mass is 10.2. The molecule has 114 valence electrons. The summed E-state index contributed by atoms with van der Waals surface area (Å²) in [7, 11) is 0. The van der Waals surface area contributed by atoms with Gasteiger partial charge in [0.2, 0.25) is 0 Å². The summed E-state index contributed by atoms with van der Waals surface area (Å²) < 4.78 is 22.2. The molecule has 1 heterocycles. The topological polar surface area (TPSA) is 47.3 Å². The molecule has 1 aromatic carbocycles. The molecule has 1 N–H and O–H groups in total. The zero-order valence-electron chi connectivity index (χ0n) is 12.1. The van der Waals surface area contributed by atoms with E-state index in [1.807, 2.05) is 18.5 Å². The van der Waals surface area contributed by atoms with E-state index in [0.29, 0.717) is 12.1 Å². The van der Waals surface area contributed by atoms with Crippen molar-refractivity contribution in [1.29, 1.82) is 0 Å². The maximum Gasteiger partial charge on any atom is 0.165 e. The number of benzene rings is 1. The number of aliphatic hydroxyl groups is 1. The van der Waals surface area contributed by atoms with Gasteiger partial charge in [-0.2, -0.15) is 5.10 Å². The first-order valence-electron chi connectivity index (χ1n) is 6.87. The van der Waals surface area contributed by atoms with Gasteiger partial charge in [0, 0.05) is 12.1 Å². The van der Waals surface area contributed by atoms with Crippen LogP contribution in [0.3, 0.4) is 0 Å². The highest BCUT2D eigenvalue weighted by atomic mass is 79.9. The average Bonchev–Trinajstić information content (AvgIpc) is 2.81. The van der Waals surface area contributed by atoms with Crippen LogP contribution in [-0.2, 0) is 26.2 Å². The Kier molecular flexibility index (Phi) is 5.36.